The lowest BCUT2D eigenvalue weighted by molar-refractivity contribution is -0.166. The van der Waals surface area contributed by atoms with Gasteiger partial charge in [-0.15, -0.1) is 0 Å². The van der Waals surface area contributed by atoms with Crippen molar-refractivity contribution in [2.75, 3.05) is 13.2 Å². The summed E-state index contributed by atoms with van der Waals surface area (Å²) in [5, 5.41) is 0. The van der Waals surface area contributed by atoms with Gasteiger partial charge >= 0.3 is 17.9 Å². The van der Waals surface area contributed by atoms with E-state index in [1.165, 1.54) is 141 Å². The summed E-state index contributed by atoms with van der Waals surface area (Å²) >= 11 is 0. The first-order chi connectivity index (χ1) is 40.5. The van der Waals surface area contributed by atoms with E-state index in [0.29, 0.717) is 12.8 Å². The zero-order valence-corrected chi connectivity index (χ0v) is 53.2. The maximum absolute atomic E-state index is 12.8. The van der Waals surface area contributed by atoms with Crippen molar-refractivity contribution in [1.29, 1.82) is 0 Å². The van der Waals surface area contributed by atoms with Crippen molar-refractivity contribution in [2.24, 2.45) is 0 Å². The highest BCUT2D eigenvalue weighted by molar-refractivity contribution is 5.72. The van der Waals surface area contributed by atoms with E-state index in [-0.39, 0.29) is 31.6 Å². The number of ether oxygens (including phenoxy) is 3. The second-order valence-corrected chi connectivity index (χ2v) is 22.0. The standard InChI is InChI=1S/C76H124O6/c1-4-7-10-13-16-19-22-25-28-29-30-31-32-33-34-35-36-37-38-39-40-41-42-43-44-45-46-47-49-51-54-57-60-63-66-69-75(78)81-72-73(71-80-74(77)68-65-62-59-56-53-50-27-24-21-18-15-12-9-6-3)82-76(79)70-67-64-61-58-55-52-48-26-23-20-17-14-11-8-5-2/h7-8,10-11,16-17,19-20,25-26,28,30-31,33-34,36-37,39-40,48,55,58,64,67,73H,4-6,9,12-15,18,21-24,27,29,32,35,38,41-47,49-54,56-57,59-63,65-66,68-72H2,1-3H3/b10-7-,11-8-,19-16-,20-17-,28-25-,31-30-,34-33-,37-36-,40-39-,48-26-,58-55-,67-64-. The van der Waals surface area contributed by atoms with Gasteiger partial charge < -0.3 is 14.2 Å². The van der Waals surface area contributed by atoms with Gasteiger partial charge in [-0.3, -0.25) is 14.4 Å². The molecule has 1 unspecified atom stereocenters. The molecule has 0 aliphatic rings. The summed E-state index contributed by atoms with van der Waals surface area (Å²) in [4.78, 5) is 38.2. The number of carbonyl (C=O) groups excluding carboxylic acids is 3. The Bertz CT molecular complexity index is 1780. The number of rotatable bonds is 60. The Morgan fingerprint density at radius 1 is 0.268 bits per heavy atom. The molecule has 0 saturated carbocycles. The second kappa shape index (κ2) is 68.8. The van der Waals surface area contributed by atoms with Gasteiger partial charge in [-0.05, 0) is 103 Å². The molecule has 6 nitrogen and oxygen atoms in total. The van der Waals surface area contributed by atoms with E-state index in [1.807, 2.05) is 6.08 Å². The Morgan fingerprint density at radius 3 is 0.805 bits per heavy atom. The highest BCUT2D eigenvalue weighted by Crippen LogP contribution is 2.16. The van der Waals surface area contributed by atoms with Gasteiger partial charge in [-0.2, -0.15) is 0 Å². The van der Waals surface area contributed by atoms with Crippen LogP contribution in [0.25, 0.3) is 0 Å². The minimum atomic E-state index is -0.836. The average molecular weight is 1130 g/mol. The van der Waals surface area contributed by atoms with E-state index >= 15 is 0 Å². The molecule has 0 N–H and O–H groups in total. The molecule has 0 aromatic rings. The summed E-state index contributed by atoms with van der Waals surface area (Å²) in [5.41, 5.74) is 0. The number of allylic oxidation sites excluding steroid dienone is 23. The SMILES string of the molecule is CC/C=C\C/C=C\C/C=C\C/C=C\C/C=C\C/C=C\C/C=C\CCCCCCCCCCCCCCCC(=O)OCC(COC(=O)CCCCCCCCCCCCCCCC)OC(=O)C/C=C\C/C=C\C/C=C\C/C=C\C/C=C\CC. The van der Waals surface area contributed by atoms with Gasteiger partial charge in [0, 0.05) is 12.8 Å². The van der Waals surface area contributed by atoms with Gasteiger partial charge in [0.05, 0.1) is 6.42 Å². The maximum atomic E-state index is 12.8. The second-order valence-electron chi connectivity index (χ2n) is 22.0. The van der Waals surface area contributed by atoms with E-state index in [9.17, 15) is 14.4 Å². The van der Waals surface area contributed by atoms with Crippen LogP contribution in [0.2, 0.25) is 0 Å². The highest BCUT2D eigenvalue weighted by Gasteiger charge is 2.19. The maximum Gasteiger partial charge on any atom is 0.310 e. The lowest BCUT2D eigenvalue weighted by atomic mass is 10.0. The highest BCUT2D eigenvalue weighted by atomic mass is 16.6. The van der Waals surface area contributed by atoms with Crippen LogP contribution in [0.15, 0.2) is 146 Å². The third-order valence-electron chi connectivity index (χ3n) is 14.1. The molecule has 464 valence electrons. The molecule has 0 aliphatic carbocycles. The van der Waals surface area contributed by atoms with E-state index in [0.717, 1.165) is 116 Å². The molecule has 0 amide bonds. The Morgan fingerprint density at radius 2 is 0.512 bits per heavy atom. The van der Waals surface area contributed by atoms with Gasteiger partial charge in [-0.25, -0.2) is 0 Å². The third kappa shape index (κ3) is 66.1. The molecule has 0 saturated heterocycles. The first-order valence-electron chi connectivity index (χ1n) is 33.8. The summed E-state index contributed by atoms with van der Waals surface area (Å²) in [7, 11) is 0. The fourth-order valence-corrected chi connectivity index (χ4v) is 9.15. The van der Waals surface area contributed by atoms with Crippen molar-refractivity contribution in [3.8, 4) is 0 Å². The van der Waals surface area contributed by atoms with E-state index in [4.69, 9.17) is 14.2 Å². The molecule has 0 aliphatic heterocycles. The fraction of sp³-hybridized carbons (Fsp3) is 0.645. The molecule has 0 heterocycles. The lowest BCUT2D eigenvalue weighted by Gasteiger charge is -2.18. The van der Waals surface area contributed by atoms with E-state index < -0.39 is 12.1 Å². The predicted octanol–water partition coefficient (Wildman–Crippen LogP) is 23.5. The molecule has 0 bridgehead atoms. The molecule has 82 heavy (non-hydrogen) atoms. The summed E-state index contributed by atoms with van der Waals surface area (Å²) in [6.45, 7) is 6.34. The molecule has 6 heteroatoms. The molecule has 0 aromatic heterocycles. The van der Waals surface area contributed by atoms with Crippen molar-refractivity contribution in [1.82, 2.24) is 0 Å². The quantitative estimate of drug-likeness (QED) is 0.0261. The number of hydrogen-bond acceptors (Lipinski definition) is 6. The normalized spacial score (nSPS) is 13.1. The summed E-state index contributed by atoms with van der Waals surface area (Å²) in [6.07, 6.45) is 99.0. The minimum Gasteiger partial charge on any atom is -0.462 e. The number of hydrogen-bond donors (Lipinski definition) is 0. The molecular formula is C76H124O6. The van der Waals surface area contributed by atoms with Crippen molar-refractivity contribution in [3.05, 3.63) is 146 Å². The van der Waals surface area contributed by atoms with Gasteiger partial charge in [0.15, 0.2) is 6.10 Å². The molecule has 1 atom stereocenters. The van der Waals surface area contributed by atoms with Crippen molar-refractivity contribution in [2.45, 2.75) is 303 Å². The van der Waals surface area contributed by atoms with Crippen LogP contribution < -0.4 is 0 Å². The van der Waals surface area contributed by atoms with Crippen LogP contribution in [-0.2, 0) is 28.6 Å². The summed E-state index contributed by atoms with van der Waals surface area (Å²) in [6, 6.07) is 0. The molecule has 0 aromatic carbocycles. The number of unbranched alkanes of at least 4 members (excludes halogenated alkanes) is 26. The molecule has 0 spiro atoms. The van der Waals surface area contributed by atoms with E-state index in [1.54, 1.807) is 6.08 Å². The van der Waals surface area contributed by atoms with Gasteiger partial charge in [0.25, 0.3) is 0 Å². The fourth-order valence-electron chi connectivity index (χ4n) is 9.15. The third-order valence-corrected chi connectivity index (χ3v) is 14.1. The van der Waals surface area contributed by atoms with Crippen LogP contribution in [0.4, 0.5) is 0 Å². The van der Waals surface area contributed by atoms with E-state index in [2.05, 4.69) is 154 Å². The van der Waals surface area contributed by atoms with Crippen LogP contribution in [0.1, 0.15) is 297 Å². The van der Waals surface area contributed by atoms with Crippen LogP contribution in [-0.4, -0.2) is 37.2 Å². The number of esters is 3. The molecule has 0 rings (SSSR count). The van der Waals surface area contributed by atoms with Crippen LogP contribution in [0.5, 0.6) is 0 Å². The minimum absolute atomic E-state index is 0.0945. The smallest absolute Gasteiger partial charge is 0.310 e. The number of carbonyl (C=O) groups is 3. The van der Waals surface area contributed by atoms with Crippen LogP contribution in [0, 0.1) is 0 Å². The largest absolute Gasteiger partial charge is 0.462 e. The topological polar surface area (TPSA) is 78.9 Å². The predicted molar refractivity (Wildman–Crippen MR) is 357 cm³/mol. The zero-order chi connectivity index (χ0) is 59.2. The zero-order valence-electron chi connectivity index (χ0n) is 53.2. The van der Waals surface area contributed by atoms with Gasteiger partial charge in [-0.1, -0.05) is 321 Å². The van der Waals surface area contributed by atoms with Gasteiger partial charge in [0.2, 0.25) is 0 Å². The first kappa shape index (κ1) is 77.3. The van der Waals surface area contributed by atoms with Crippen molar-refractivity contribution in [3.63, 3.8) is 0 Å². The Labute approximate surface area is 506 Å². The monoisotopic (exact) mass is 1130 g/mol. The summed E-state index contributed by atoms with van der Waals surface area (Å²) < 4.78 is 16.8. The molecular weight excluding hydrogens is 1010 g/mol. The molecule has 0 fully saturated rings. The van der Waals surface area contributed by atoms with Crippen molar-refractivity contribution >= 4 is 17.9 Å². The first-order valence-corrected chi connectivity index (χ1v) is 33.8. The van der Waals surface area contributed by atoms with Gasteiger partial charge in [0.1, 0.15) is 13.2 Å². The Hall–Kier alpha value is -4.71. The van der Waals surface area contributed by atoms with Crippen molar-refractivity contribution < 1.29 is 28.6 Å². The van der Waals surface area contributed by atoms with Crippen LogP contribution in [0.3, 0.4) is 0 Å². The molecule has 0 radical (unpaired) electrons. The summed E-state index contributed by atoms with van der Waals surface area (Å²) in [5.74, 6) is -1.04. The Balaban J connectivity index is 4.25. The van der Waals surface area contributed by atoms with Crippen LogP contribution >= 0.6 is 0 Å². The Kier molecular flexibility index (Phi) is 64.8. The lowest BCUT2D eigenvalue weighted by Crippen LogP contribution is -2.30. The average Bonchev–Trinajstić information content (AvgIpc) is 3.48.